The van der Waals surface area contributed by atoms with E-state index in [-0.39, 0.29) is 11.2 Å². The fourth-order valence-electron chi connectivity index (χ4n) is 2.37. The molecule has 4 nitrogen and oxygen atoms in total. The molecule has 1 aliphatic heterocycles. The van der Waals surface area contributed by atoms with Crippen LogP contribution < -0.4 is 11.2 Å². The van der Waals surface area contributed by atoms with E-state index in [0.717, 1.165) is 16.4 Å². The Morgan fingerprint density at radius 3 is 2.35 bits per heavy atom. The van der Waals surface area contributed by atoms with Gasteiger partial charge in [0.15, 0.2) is 0 Å². The Labute approximate surface area is 119 Å². The first-order valence-corrected chi connectivity index (χ1v) is 6.80. The number of benzene rings is 1. The smallest absolute Gasteiger partial charge is 0.399 e. The average Bonchev–Trinajstić information content (AvgIpc) is 2.59. The lowest BCUT2D eigenvalue weighted by Crippen LogP contribution is -2.41. The Kier molecular flexibility index (Phi) is 2.82. The number of anilines is 1. The Hall–Kier alpha value is -1.59. The van der Waals surface area contributed by atoms with Gasteiger partial charge in [0.25, 0.3) is 0 Å². The second-order valence-electron chi connectivity index (χ2n) is 6.23. The number of pyridine rings is 1. The Bertz CT molecular complexity index is 654. The van der Waals surface area contributed by atoms with E-state index < -0.39 is 7.12 Å². The molecule has 1 fully saturated rings. The highest BCUT2D eigenvalue weighted by molar-refractivity contribution is 6.64. The van der Waals surface area contributed by atoms with Gasteiger partial charge < -0.3 is 15.0 Å². The summed E-state index contributed by atoms with van der Waals surface area (Å²) in [5.74, 6) is 0. The highest BCUT2D eigenvalue weighted by atomic mass is 16.7. The molecule has 0 bridgehead atoms. The van der Waals surface area contributed by atoms with E-state index in [1.165, 1.54) is 0 Å². The van der Waals surface area contributed by atoms with Gasteiger partial charge in [-0.1, -0.05) is 6.07 Å². The van der Waals surface area contributed by atoms with Crippen molar-refractivity contribution in [1.82, 2.24) is 4.98 Å². The molecule has 0 radical (unpaired) electrons. The molecule has 0 amide bonds. The number of aromatic nitrogens is 1. The van der Waals surface area contributed by atoms with Gasteiger partial charge in [-0.15, -0.1) is 0 Å². The van der Waals surface area contributed by atoms with Crippen molar-refractivity contribution in [2.45, 2.75) is 38.9 Å². The van der Waals surface area contributed by atoms with Crippen molar-refractivity contribution < 1.29 is 9.31 Å². The minimum Gasteiger partial charge on any atom is -0.399 e. The quantitative estimate of drug-likeness (QED) is 0.637. The van der Waals surface area contributed by atoms with E-state index in [9.17, 15) is 0 Å². The van der Waals surface area contributed by atoms with Crippen molar-refractivity contribution in [2.24, 2.45) is 0 Å². The summed E-state index contributed by atoms with van der Waals surface area (Å²) in [5.41, 5.74) is 7.96. The van der Waals surface area contributed by atoms with Crippen molar-refractivity contribution >= 4 is 29.2 Å². The molecule has 3 rings (SSSR count). The van der Waals surface area contributed by atoms with Crippen molar-refractivity contribution in [2.75, 3.05) is 5.73 Å². The molecular formula is C15H19BN2O2. The fraction of sp³-hybridized carbons (Fsp3) is 0.400. The monoisotopic (exact) mass is 270 g/mol. The number of hydrogen-bond acceptors (Lipinski definition) is 4. The third-order valence-corrected chi connectivity index (χ3v) is 4.37. The highest BCUT2D eigenvalue weighted by Gasteiger charge is 2.52. The molecule has 5 heteroatoms. The predicted molar refractivity (Wildman–Crippen MR) is 81.9 cm³/mol. The molecule has 0 spiro atoms. The van der Waals surface area contributed by atoms with E-state index >= 15 is 0 Å². The number of nitrogens with two attached hydrogens (primary N) is 1. The highest BCUT2D eigenvalue weighted by Crippen LogP contribution is 2.37. The van der Waals surface area contributed by atoms with E-state index in [1.54, 1.807) is 6.20 Å². The molecule has 104 valence electrons. The van der Waals surface area contributed by atoms with Crippen molar-refractivity contribution in [3.63, 3.8) is 0 Å². The van der Waals surface area contributed by atoms with Crippen molar-refractivity contribution in [3.8, 4) is 0 Å². The molecule has 1 saturated heterocycles. The topological polar surface area (TPSA) is 57.4 Å². The van der Waals surface area contributed by atoms with Crippen molar-refractivity contribution in [3.05, 3.63) is 30.5 Å². The van der Waals surface area contributed by atoms with Crippen LogP contribution in [0.3, 0.4) is 0 Å². The van der Waals surface area contributed by atoms with Crippen LogP contribution in [-0.2, 0) is 9.31 Å². The SMILES string of the molecule is CC1(C)OB(c2ccc3ncccc3c2N)OC1(C)C. The summed E-state index contributed by atoms with van der Waals surface area (Å²) in [5, 5.41) is 0.930. The summed E-state index contributed by atoms with van der Waals surface area (Å²) >= 11 is 0. The van der Waals surface area contributed by atoms with Crippen LogP contribution in [0.1, 0.15) is 27.7 Å². The lowest BCUT2D eigenvalue weighted by Gasteiger charge is -2.32. The summed E-state index contributed by atoms with van der Waals surface area (Å²) in [7, 11) is -0.440. The maximum atomic E-state index is 6.28. The number of fused-ring (bicyclic) bond motifs is 1. The van der Waals surface area contributed by atoms with E-state index in [4.69, 9.17) is 15.0 Å². The third-order valence-electron chi connectivity index (χ3n) is 4.37. The average molecular weight is 270 g/mol. The number of nitrogen functional groups attached to an aromatic ring is 1. The summed E-state index contributed by atoms with van der Waals surface area (Å²) in [6.07, 6.45) is 1.76. The minimum atomic E-state index is -0.440. The molecule has 1 aromatic heterocycles. The number of rotatable bonds is 1. The molecule has 0 saturated carbocycles. The van der Waals surface area contributed by atoms with Crippen LogP contribution in [0.4, 0.5) is 5.69 Å². The first-order valence-electron chi connectivity index (χ1n) is 6.80. The summed E-state index contributed by atoms with van der Waals surface area (Å²) in [4.78, 5) is 4.31. The van der Waals surface area contributed by atoms with E-state index in [1.807, 2.05) is 52.0 Å². The second kappa shape index (κ2) is 4.20. The minimum absolute atomic E-state index is 0.367. The lowest BCUT2D eigenvalue weighted by atomic mass is 9.77. The molecule has 0 unspecified atom stereocenters. The van der Waals surface area contributed by atoms with Gasteiger partial charge in [-0.25, -0.2) is 0 Å². The van der Waals surface area contributed by atoms with Gasteiger partial charge in [0.05, 0.1) is 16.7 Å². The molecular weight excluding hydrogens is 251 g/mol. The zero-order valence-corrected chi connectivity index (χ0v) is 12.3. The van der Waals surface area contributed by atoms with E-state index in [2.05, 4.69) is 4.98 Å². The molecule has 1 aromatic carbocycles. The van der Waals surface area contributed by atoms with E-state index in [0.29, 0.717) is 5.69 Å². The van der Waals surface area contributed by atoms with Crippen LogP contribution >= 0.6 is 0 Å². The molecule has 2 heterocycles. The molecule has 2 aromatic rings. The first kappa shape index (κ1) is 13.4. The normalized spacial score (nSPS) is 20.5. The molecule has 2 N–H and O–H groups in total. The number of nitrogens with zero attached hydrogens (tertiary/aromatic N) is 1. The van der Waals surface area contributed by atoms with Gasteiger partial charge in [-0.05, 0) is 45.9 Å². The van der Waals surface area contributed by atoms with Crippen LogP contribution in [0.5, 0.6) is 0 Å². The largest absolute Gasteiger partial charge is 0.496 e. The van der Waals surface area contributed by atoms with Gasteiger partial charge in [0.1, 0.15) is 0 Å². The summed E-state index contributed by atoms with van der Waals surface area (Å²) in [6, 6.07) is 7.73. The zero-order valence-electron chi connectivity index (χ0n) is 12.3. The summed E-state index contributed by atoms with van der Waals surface area (Å²) in [6.45, 7) is 8.13. The maximum absolute atomic E-state index is 6.28. The Morgan fingerprint density at radius 1 is 1.05 bits per heavy atom. The molecule has 20 heavy (non-hydrogen) atoms. The van der Waals surface area contributed by atoms with Gasteiger partial charge in [-0.2, -0.15) is 0 Å². The molecule has 0 atom stereocenters. The fourth-order valence-corrected chi connectivity index (χ4v) is 2.37. The van der Waals surface area contributed by atoms with Crippen LogP contribution in [0.2, 0.25) is 0 Å². The van der Waals surface area contributed by atoms with Crippen molar-refractivity contribution in [1.29, 1.82) is 0 Å². The standard InChI is InChI=1S/C15H19BN2O2/c1-14(2)15(3,4)20-16(19-14)11-7-8-12-10(13(11)17)6-5-9-18-12/h5-9H,17H2,1-4H3. The first-order chi connectivity index (χ1) is 9.32. The van der Waals surface area contributed by atoms with Gasteiger partial charge >= 0.3 is 7.12 Å². The van der Waals surface area contributed by atoms with Gasteiger partial charge in [0.2, 0.25) is 0 Å². The Balaban J connectivity index is 2.06. The predicted octanol–water partition coefficient (Wildman–Crippen LogP) is 2.12. The van der Waals surface area contributed by atoms with Crippen LogP contribution in [0, 0.1) is 0 Å². The molecule has 1 aliphatic rings. The Morgan fingerprint density at radius 2 is 1.70 bits per heavy atom. The zero-order chi connectivity index (χ0) is 14.5. The van der Waals surface area contributed by atoms with Crippen LogP contribution in [-0.4, -0.2) is 23.3 Å². The molecule has 0 aliphatic carbocycles. The lowest BCUT2D eigenvalue weighted by molar-refractivity contribution is 0.00578. The maximum Gasteiger partial charge on any atom is 0.496 e. The summed E-state index contributed by atoms with van der Waals surface area (Å²) < 4.78 is 12.1. The second-order valence-corrected chi connectivity index (χ2v) is 6.23. The third kappa shape index (κ3) is 1.89. The van der Waals surface area contributed by atoms with Gasteiger partial charge in [-0.3, -0.25) is 4.98 Å². The van der Waals surface area contributed by atoms with Crippen LogP contribution in [0.25, 0.3) is 10.9 Å². The van der Waals surface area contributed by atoms with Gasteiger partial charge in [0, 0.05) is 22.7 Å². The number of hydrogen-bond donors (Lipinski definition) is 1. The van der Waals surface area contributed by atoms with Crippen LogP contribution in [0.15, 0.2) is 30.5 Å².